The van der Waals surface area contributed by atoms with Gasteiger partial charge in [0.05, 0.1) is 28.0 Å². The maximum absolute atomic E-state index is 12.5. The summed E-state index contributed by atoms with van der Waals surface area (Å²) < 4.78 is 17.9. The van der Waals surface area contributed by atoms with Gasteiger partial charge in [-0.15, -0.1) is 0 Å². The Balaban J connectivity index is 0.00000225. The molecule has 0 radical (unpaired) electrons. The SMILES string of the molecule is CCCc1c2nc(C(=O)[O-])cc([S+]([O-])CC)c2cc2c(=O)cc(C(=O)[O-])oc12.[Na+].[Na+]. The van der Waals surface area contributed by atoms with E-state index in [2.05, 4.69) is 4.98 Å². The number of carbonyl (C=O) groups excluding carboxylic acids is 2. The summed E-state index contributed by atoms with van der Waals surface area (Å²) in [7, 11) is 0. The van der Waals surface area contributed by atoms with Crippen molar-refractivity contribution in [2.45, 2.75) is 31.6 Å². The van der Waals surface area contributed by atoms with Crippen LogP contribution >= 0.6 is 0 Å². The van der Waals surface area contributed by atoms with Crippen LogP contribution in [0.2, 0.25) is 0 Å². The van der Waals surface area contributed by atoms with Gasteiger partial charge < -0.3 is 28.8 Å². The molecule has 0 saturated heterocycles. The number of carbonyl (C=O) groups is 2. The van der Waals surface area contributed by atoms with Crippen molar-refractivity contribution in [3.8, 4) is 0 Å². The van der Waals surface area contributed by atoms with E-state index < -0.39 is 40.0 Å². The number of aromatic nitrogens is 1. The van der Waals surface area contributed by atoms with Crippen LogP contribution in [-0.4, -0.2) is 27.2 Å². The molecule has 1 atom stereocenters. The van der Waals surface area contributed by atoms with Gasteiger partial charge in [0.25, 0.3) is 0 Å². The maximum Gasteiger partial charge on any atom is 1.00 e. The van der Waals surface area contributed by atoms with E-state index in [1.54, 1.807) is 6.92 Å². The minimum atomic E-state index is -1.65. The van der Waals surface area contributed by atoms with Gasteiger partial charge in [0.15, 0.2) is 16.1 Å². The molecule has 0 aliphatic rings. The molecule has 0 bridgehead atoms. The Labute approximate surface area is 218 Å². The summed E-state index contributed by atoms with van der Waals surface area (Å²) in [6.07, 6.45) is 0.909. The monoisotopic (exact) mass is 447 g/mol. The van der Waals surface area contributed by atoms with E-state index in [9.17, 15) is 29.1 Å². The Bertz CT molecular complexity index is 1180. The number of pyridine rings is 1. The van der Waals surface area contributed by atoms with E-state index in [1.165, 1.54) is 12.1 Å². The number of aromatic carboxylic acids is 2. The fraction of sp³-hybridized carbons (Fsp3) is 0.263. The van der Waals surface area contributed by atoms with E-state index in [0.29, 0.717) is 23.8 Å². The summed E-state index contributed by atoms with van der Waals surface area (Å²) >= 11 is -1.53. The fourth-order valence-electron chi connectivity index (χ4n) is 3.05. The first-order valence-electron chi connectivity index (χ1n) is 8.54. The van der Waals surface area contributed by atoms with Gasteiger partial charge in [0.2, 0.25) is 0 Å². The molecule has 0 aliphatic heterocycles. The van der Waals surface area contributed by atoms with Crippen molar-refractivity contribution in [2.24, 2.45) is 0 Å². The molecule has 0 spiro atoms. The van der Waals surface area contributed by atoms with Crippen LogP contribution in [-0.2, 0) is 17.6 Å². The third-order valence-corrected chi connectivity index (χ3v) is 5.62. The van der Waals surface area contributed by atoms with Crippen molar-refractivity contribution in [3.05, 3.63) is 45.4 Å². The maximum atomic E-state index is 12.5. The van der Waals surface area contributed by atoms with E-state index in [-0.39, 0.29) is 86.2 Å². The zero-order valence-corrected chi connectivity index (χ0v) is 21.9. The fourth-order valence-corrected chi connectivity index (χ4v) is 4.00. The molecule has 2 aromatic heterocycles. The smallest absolute Gasteiger partial charge is 0.611 e. The number of fused-ring (bicyclic) bond motifs is 2. The standard InChI is InChI=1S/C19H17NO7S.2Na/c1-3-5-9-16-11(15(28(26)4-2)7-12(20-16)18(22)23)6-10-13(21)8-14(19(24)25)27-17(9)10;;/h6-8H,3-5H2,1-2H3,(H,22,23)(H,24,25);;/q;2*+1/p-2. The Morgan fingerprint density at radius 2 is 1.73 bits per heavy atom. The summed E-state index contributed by atoms with van der Waals surface area (Å²) in [6.45, 7) is 3.52. The Morgan fingerprint density at radius 3 is 2.27 bits per heavy atom. The molecule has 0 aliphatic carbocycles. The second kappa shape index (κ2) is 11.1. The van der Waals surface area contributed by atoms with Gasteiger partial charge in [-0.2, -0.15) is 0 Å². The molecular weight excluding hydrogens is 432 g/mol. The molecule has 2 heterocycles. The van der Waals surface area contributed by atoms with Crippen molar-refractivity contribution >= 4 is 45.0 Å². The Kier molecular flexibility index (Phi) is 10.0. The third kappa shape index (κ3) is 5.11. The second-order valence-corrected chi connectivity index (χ2v) is 7.78. The van der Waals surface area contributed by atoms with Gasteiger partial charge >= 0.3 is 59.1 Å². The number of benzene rings is 1. The normalized spacial score (nSPS) is 11.6. The zero-order valence-electron chi connectivity index (χ0n) is 17.1. The van der Waals surface area contributed by atoms with Crippen molar-refractivity contribution in [2.75, 3.05) is 5.75 Å². The first-order valence-corrected chi connectivity index (χ1v) is 9.85. The van der Waals surface area contributed by atoms with E-state index >= 15 is 0 Å². The molecule has 0 N–H and O–H groups in total. The molecule has 1 unspecified atom stereocenters. The number of hydrogen-bond donors (Lipinski definition) is 0. The first-order chi connectivity index (χ1) is 13.3. The van der Waals surface area contributed by atoms with Crippen LogP contribution in [0.3, 0.4) is 0 Å². The van der Waals surface area contributed by atoms with Crippen molar-refractivity contribution in [1.82, 2.24) is 4.98 Å². The molecular formula is C19H15NNa2O7S. The largest absolute Gasteiger partial charge is 1.00 e. The predicted octanol–water partition coefficient (Wildman–Crippen LogP) is -5.84. The van der Waals surface area contributed by atoms with Gasteiger partial charge in [0, 0.05) is 17.7 Å². The molecule has 0 fully saturated rings. The summed E-state index contributed by atoms with van der Waals surface area (Å²) in [5.74, 6) is -3.59. The molecule has 3 rings (SSSR count). The number of aryl methyl sites for hydroxylation is 1. The van der Waals surface area contributed by atoms with Crippen LogP contribution in [0.5, 0.6) is 0 Å². The third-order valence-electron chi connectivity index (χ3n) is 4.27. The van der Waals surface area contributed by atoms with Gasteiger partial charge in [0.1, 0.15) is 17.3 Å². The van der Waals surface area contributed by atoms with E-state index in [1.807, 2.05) is 6.92 Å². The van der Waals surface area contributed by atoms with Crippen molar-refractivity contribution in [3.63, 3.8) is 0 Å². The van der Waals surface area contributed by atoms with E-state index in [4.69, 9.17) is 4.42 Å². The summed E-state index contributed by atoms with van der Waals surface area (Å²) in [4.78, 5) is 39.4. The number of hydrogen-bond acceptors (Lipinski definition) is 8. The number of carboxylic acids is 2. The molecule has 1 aromatic carbocycles. The molecule has 0 amide bonds. The van der Waals surface area contributed by atoms with Crippen LogP contribution in [0.4, 0.5) is 0 Å². The number of carboxylic acid groups (broad SMARTS) is 2. The van der Waals surface area contributed by atoms with Crippen LogP contribution in [0.15, 0.2) is 32.3 Å². The minimum absolute atomic E-state index is 0. The second-order valence-electron chi connectivity index (χ2n) is 6.07. The molecule has 146 valence electrons. The van der Waals surface area contributed by atoms with Crippen LogP contribution in [0, 0.1) is 0 Å². The van der Waals surface area contributed by atoms with Crippen LogP contribution in [0.25, 0.3) is 21.9 Å². The van der Waals surface area contributed by atoms with Gasteiger partial charge in [-0.1, -0.05) is 13.3 Å². The molecule has 8 nitrogen and oxygen atoms in total. The van der Waals surface area contributed by atoms with Gasteiger partial charge in [-0.05, 0) is 30.6 Å². The Hall–Kier alpha value is -0.910. The minimum Gasteiger partial charge on any atom is -0.611 e. The van der Waals surface area contributed by atoms with Gasteiger partial charge in [-0.25, -0.2) is 4.98 Å². The van der Waals surface area contributed by atoms with E-state index in [0.717, 1.165) is 6.07 Å². The van der Waals surface area contributed by atoms with Crippen molar-refractivity contribution < 1.29 is 87.9 Å². The number of nitrogens with zero attached hydrogens (tertiary/aromatic N) is 1. The van der Waals surface area contributed by atoms with Gasteiger partial charge in [-0.3, -0.25) is 4.79 Å². The average Bonchev–Trinajstić information content (AvgIpc) is 2.66. The summed E-state index contributed by atoms with van der Waals surface area (Å²) in [5.41, 5.74) is -0.451. The van der Waals surface area contributed by atoms with Crippen LogP contribution in [0.1, 0.15) is 46.9 Å². The number of rotatable bonds is 6. The predicted molar refractivity (Wildman–Crippen MR) is 97.4 cm³/mol. The summed E-state index contributed by atoms with van der Waals surface area (Å²) in [5, 5.41) is 23.0. The van der Waals surface area contributed by atoms with Crippen LogP contribution < -0.4 is 74.8 Å². The summed E-state index contributed by atoms with van der Waals surface area (Å²) in [6, 6.07) is 3.40. The molecule has 30 heavy (non-hydrogen) atoms. The Morgan fingerprint density at radius 1 is 1.07 bits per heavy atom. The molecule has 3 aromatic rings. The zero-order chi connectivity index (χ0) is 20.6. The quantitative estimate of drug-likeness (QED) is 0.206. The average molecular weight is 447 g/mol. The molecule has 0 saturated carbocycles. The van der Waals surface area contributed by atoms with Crippen molar-refractivity contribution in [1.29, 1.82) is 0 Å². The molecule has 11 heteroatoms. The first kappa shape index (κ1) is 27.1. The topological polar surface area (TPSA) is 146 Å².